The summed E-state index contributed by atoms with van der Waals surface area (Å²) in [5, 5.41) is 12.8. The van der Waals surface area contributed by atoms with Gasteiger partial charge in [-0.2, -0.15) is 18.3 Å². The third kappa shape index (κ3) is 6.79. The molecule has 1 aromatic carbocycles. The normalized spacial score (nSPS) is 19.9. The lowest BCUT2D eigenvalue weighted by atomic mass is 9.74. The second-order valence-corrected chi connectivity index (χ2v) is 12.1. The number of aliphatic carboxylic acids is 1. The van der Waals surface area contributed by atoms with Crippen molar-refractivity contribution in [2.45, 2.75) is 72.0 Å². The van der Waals surface area contributed by atoms with Crippen molar-refractivity contribution in [3.05, 3.63) is 51.0 Å². The predicted octanol–water partition coefficient (Wildman–Crippen LogP) is 7.32. The number of carboxylic acids is 1. The van der Waals surface area contributed by atoms with Crippen LogP contribution in [-0.4, -0.2) is 50.5 Å². The highest BCUT2D eigenvalue weighted by Gasteiger charge is 2.45. The van der Waals surface area contributed by atoms with Crippen LogP contribution in [0.15, 0.2) is 18.3 Å². The summed E-state index contributed by atoms with van der Waals surface area (Å²) in [7, 11) is 0. The Labute approximate surface area is 239 Å². The largest absolute Gasteiger partial charge is 0.481 e. The van der Waals surface area contributed by atoms with Gasteiger partial charge in [-0.25, -0.2) is 4.39 Å². The number of benzene rings is 1. The molecular weight excluding hydrogens is 577 g/mol. The number of hydrogen-bond acceptors (Lipinski definition) is 4. The first-order chi connectivity index (χ1) is 18.4. The highest BCUT2D eigenvalue weighted by Crippen LogP contribution is 2.43. The molecule has 1 heterocycles. The van der Waals surface area contributed by atoms with E-state index in [0.717, 1.165) is 27.9 Å². The Morgan fingerprint density at radius 1 is 1.15 bits per heavy atom. The van der Waals surface area contributed by atoms with E-state index in [4.69, 9.17) is 23.2 Å². The fourth-order valence-corrected chi connectivity index (χ4v) is 5.51. The second-order valence-electron chi connectivity index (χ2n) is 11.3. The maximum absolute atomic E-state index is 14.4. The Kier molecular flexibility index (Phi) is 9.30. The van der Waals surface area contributed by atoms with E-state index in [-0.39, 0.29) is 47.8 Å². The first-order valence-corrected chi connectivity index (χ1v) is 13.5. The summed E-state index contributed by atoms with van der Waals surface area (Å²) in [4.78, 5) is 39.5. The lowest BCUT2D eigenvalue weighted by Crippen LogP contribution is -2.42. The van der Waals surface area contributed by atoms with Gasteiger partial charge in [0.25, 0.3) is 5.91 Å². The average Bonchev–Trinajstić information content (AvgIpc) is 3.28. The van der Waals surface area contributed by atoms with E-state index in [1.54, 1.807) is 20.8 Å². The van der Waals surface area contributed by atoms with Crippen molar-refractivity contribution >= 4 is 40.9 Å². The molecule has 0 unspecified atom stereocenters. The van der Waals surface area contributed by atoms with Crippen LogP contribution >= 0.6 is 23.2 Å². The number of Topliss-reactive ketones (excluding diaryl/α,β-unsaturated/α-hetero) is 1. The molecule has 2 aromatic rings. The van der Waals surface area contributed by atoms with Crippen LogP contribution in [-0.2, 0) is 11.0 Å². The molecule has 1 N–H and O–H groups in total. The van der Waals surface area contributed by atoms with Crippen molar-refractivity contribution in [3.8, 4) is 0 Å². The maximum atomic E-state index is 14.4. The predicted molar refractivity (Wildman–Crippen MR) is 141 cm³/mol. The zero-order valence-corrected chi connectivity index (χ0v) is 24.1. The van der Waals surface area contributed by atoms with Crippen LogP contribution in [0.1, 0.15) is 92.3 Å². The fourth-order valence-electron chi connectivity index (χ4n) is 4.84. The number of nitrogens with zero attached hydrogens (tertiary/aromatic N) is 3. The quantitative estimate of drug-likeness (QED) is 0.238. The van der Waals surface area contributed by atoms with Gasteiger partial charge in [0.15, 0.2) is 11.5 Å². The molecule has 1 aromatic heterocycles. The Hall–Kier alpha value is -2.66. The molecule has 7 nitrogen and oxygen atoms in total. The number of carbonyl (C=O) groups is 3. The number of halogens is 6. The summed E-state index contributed by atoms with van der Waals surface area (Å²) >= 11 is 12.1. The van der Waals surface area contributed by atoms with Crippen LogP contribution in [0.2, 0.25) is 10.0 Å². The first kappa shape index (κ1) is 31.9. The molecule has 1 amide bonds. The molecule has 3 rings (SSSR count). The van der Waals surface area contributed by atoms with E-state index < -0.39 is 64.3 Å². The van der Waals surface area contributed by atoms with Crippen LogP contribution < -0.4 is 0 Å². The van der Waals surface area contributed by atoms with Crippen LogP contribution in [0.4, 0.5) is 17.6 Å². The van der Waals surface area contributed by atoms with Gasteiger partial charge in [0, 0.05) is 6.54 Å². The fraction of sp³-hybridized carbons (Fsp3) is 0.556. The molecule has 0 spiro atoms. The number of aromatic nitrogens is 2. The number of amides is 1. The van der Waals surface area contributed by atoms with E-state index in [1.807, 2.05) is 6.92 Å². The SMILES string of the molecule is CCC(C)(C)CN(CC(=O)c1c(Cl)cc(F)cc1Cl)C(=O)c1cnn(C2CCC(C)(C(=O)O)CC2)c1C(F)(F)F. The van der Waals surface area contributed by atoms with Crippen molar-refractivity contribution < 1.29 is 37.1 Å². The van der Waals surface area contributed by atoms with E-state index in [2.05, 4.69) is 5.10 Å². The minimum Gasteiger partial charge on any atom is -0.481 e. The molecule has 220 valence electrons. The second kappa shape index (κ2) is 11.7. The van der Waals surface area contributed by atoms with Gasteiger partial charge >= 0.3 is 12.1 Å². The molecule has 13 heteroatoms. The molecule has 40 heavy (non-hydrogen) atoms. The van der Waals surface area contributed by atoms with Crippen LogP contribution in [0, 0.1) is 16.6 Å². The van der Waals surface area contributed by atoms with Gasteiger partial charge in [0.1, 0.15) is 5.82 Å². The molecule has 1 saturated carbocycles. The Balaban J connectivity index is 2.01. The molecule has 0 radical (unpaired) electrons. The summed E-state index contributed by atoms with van der Waals surface area (Å²) in [6, 6.07) is 1.01. The van der Waals surface area contributed by atoms with Gasteiger partial charge in [0.2, 0.25) is 0 Å². The number of alkyl halides is 3. The van der Waals surface area contributed by atoms with E-state index in [1.165, 1.54) is 0 Å². The zero-order chi connectivity index (χ0) is 30.2. The highest BCUT2D eigenvalue weighted by atomic mass is 35.5. The van der Waals surface area contributed by atoms with Crippen LogP contribution in [0.5, 0.6) is 0 Å². The number of rotatable bonds is 9. The molecule has 1 aliphatic rings. The Morgan fingerprint density at radius 3 is 2.17 bits per heavy atom. The number of ketones is 1. The molecule has 0 saturated heterocycles. The highest BCUT2D eigenvalue weighted by molar-refractivity contribution is 6.40. The summed E-state index contributed by atoms with van der Waals surface area (Å²) in [5.41, 5.74) is -3.86. The van der Waals surface area contributed by atoms with Gasteiger partial charge in [0.05, 0.1) is 45.4 Å². The smallest absolute Gasteiger partial charge is 0.433 e. The van der Waals surface area contributed by atoms with Crippen molar-refractivity contribution in [3.63, 3.8) is 0 Å². The summed E-state index contributed by atoms with van der Waals surface area (Å²) in [6.07, 6.45) is -3.02. The van der Waals surface area contributed by atoms with Crippen LogP contribution in [0.3, 0.4) is 0 Å². The molecule has 1 aliphatic carbocycles. The van der Waals surface area contributed by atoms with Gasteiger partial charge in [-0.3, -0.25) is 19.1 Å². The maximum Gasteiger partial charge on any atom is 0.433 e. The van der Waals surface area contributed by atoms with Crippen molar-refractivity contribution in [1.82, 2.24) is 14.7 Å². The summed E-state index contributed by atoms with van der Waals surface area (Å²) in [6.45, 7) is 6.25. The lowest BCUT2D eigenvalue weighted by Gasteiger charge is -2.35. The van der Waals surface area contributed by atoms with Crippen LogP contribution in [0.25, 0.3) is 0 Å². The molecule has 0 bridgehead atoms. The lowest BCUT2D eigenvalue weighted by molar-refractivity contribution is -0.152. The summed E-state index contributed by atoms with van der Waals surface area (Å²) < 4.78 is 57.7. The third-order valence-electron chi connectivity index (χ3n) is 7.70. The van der Waals surface area contributed by atoms with Crippen molar-refractivity contribution in [2.24, 2.45) is 10.8 Å². The monoisotopic (exact) mass is 607 g/mol. The molecule has 1 fully saturated rings. The summed E-state index contributed by atoms with van der Waals surface area (Å²) in [5.74, 6) is -3.62. The minimum absolute atomic E-state index is 0.0760. The molecular formula is C27H31Cl2F4N3O4. The van der Waals surface area contributed by atoms with Crippen molar-refractivity contribution in [1.29, 1.82) is 0 Å². The molecule has 0 aliphatic heterocycles. The average molecular weight is 608 g/mol. The van der Waals surface area contributed by atoms with Gasteiger partial charge < -0.3 is 10.0 Å². The minimum atomic E-state index is -4.96. The van der Waals surface area contributed by atoms with E-state index >= 15 is 0 Å². The number of carboxylic acid groups (broad SMARTS) is 1. The third-order valence-corrected chi connectivity index (χ3v) is 8.29. The van der Waals surface area contributed by atoms with E-state index in [9.17, 15) is 37.1 Å². The van der Waals surface area contributed by atoms with Crippen molar-refractivity contribution in [2.75, 3.05) is 13.1 Å². The standard InChI is InChI=1S/C27H31Cl2F4N3O4/c1-5-25(2,3)14-35(13-20(37)21-18(28)10-15(30)11-19(21)29)23(38)17-12-34-36(22(17)27(31,32)33)16-6-8-26(4,9-7-16)24(39)40/h10-12,16H,5-9,13-14H2,1-4H3,(H,39,40). The zero-order valence-electron chi connectivity index (χ0n) is 22.5. The number of carbonyl (C=O) groups excluding carboxylic acids is 2. The van der Waals surface area contributed by atoms with Gasteiger partial charge in [-0.05, 0) is 56.6 Å². The van der Waals surface area contributed by atoms with Gasteiger partial charge in [-0.15, -0.1) is 0 Å². The topological polar surface area (TPSA) is 92.5 Å². The Morgan fingerprint density at radius 2 is 1.70 bits per heavy atom. The Bertz CT molecular complexity index is 1280. The first-order valence-electron chi connectivity index (χ1n) is 12.8. The molecule has 0 atom stereocenters. The van der Waals surface area contributed by atoms with E-state index in [0.29, 0.717) is 6.42 Å². The number of hydrogen-bond donors (Lipinski definition) is 1. The van der Waals surface area contributed by atoms with Gasteiger partial charge in [-0.1, -0.05) is 44.0 Å².